The van der Waals surface area contributed by atoms with Gasteiger partial charge in [-0.25, -0.2) is 8.42 Å². The van der Waals surface area contributed by atoms with E-state index >= 15 is 0 Å². The van der Waals surface area contributed by atoms with E-state index in [1.807, 2.05) is 44.2 Å². The van der Waals surface area contributed by atoms with Crippen LogP contribution >= 0.6 is 0 Å². The van der Waals surface area contributed by atoms with Gasteiger partial charge in [-0.15, -0.1) is 0 Å². The van der Waals surface area contributed by atoms with Crippen LogP contribution in [0.4, 0.5) is 5.69 Å². The van der Waals surface area contributed by atoms with Gasteiger partial charge in [-0.05, 0) is 64.3 Å². The molecular weight excluding hydrogens is 478 g/mol. The predicted molar refractivity (Wildman–Crippen MR) is 140 cm³/mol. The second-order valence-corrected chi connectivity index (χ2v) is 11.9. The molecule has 0 bridgehead atoms. The molecule has 3 rings (SSSR count). The van der Waals surface area contributed by atoms with Crippen LogP contribution in [-0.2, 0) is 26.0 Å². The van der Waals surface area contributed by atoms with E-state index < -0.39 is 27.1 Å². The van der Waals surface area contributed by atoms with Gasteiger partial charge in [0.05, 0.1) is 12.6 Å². The van der Waals surface area contributed by atoms with Crippen molar-refractivity contribution in [2.75, 3.05) is 12.4 Å². The zero-order chi connectivity index (χ0) is 26.7. The largest absolute Gasteiger partial charge is 0.495 e. The number of carbonyl (C=O) groups excluding carboxylic acids is 2. The van der Waals surface area contributed by atoms with Crippen LogP contribution in [0.25, 0.3) is 0 Å². The highest BCUT2D eigenvalue weighted by molar-refractivity contribution is 7.89. The summed E-state index contributed by atoms with van der Waals surface area (Å²) in [5, 5.41) is 5.69. The van der Waals surface area contributed by atoms with Crippen LogP contribution in [0.1, 0.15) is 46.1 Å². The van der Waals surface area contributed by atoms with E-state index in [-0.39, 0.29) is 22.5 Å². The molecule has 194 valence electrons. The molecule has 1 saturated heterocycles. The first-order valence-corrected chi connectivity index (χ1v) is 13.3. The van der Waals surface area contributed by atoms with Crippen molar-refractivity contribution < 1.29 is 22.7 Å². The van der Waals surface area contributed by atoms with Crippen LogP contribution in [0, 0.1) is 0 Å². The molecule has 0 spiro atoms. The first-order valence-electron chi connectivity index (χ1n) is 11.8. The van der Waals surface area contributed by atoms with Crippen molar-refractivity contribution in [2.45, 2.75) is 69.0 Å². The van der Waals surface area contributed by atoms with Crippen molar-refractivity contribution in [1.29, 1.82) is 0 Å². The van der Waals surface area contributed by atoms with Crippen LogP contribution in [0.3, 0.4) is 0 Å². The Balaban J connectivity index is 1.85. The molecule has 1 aliphatic rings. The number of hydrogen-bond donors (Lipinski definition) is 2. The predicted octanol–water partition coefficient (Wildman–Crippen LogP) is 3.89. The van der Waals surface area contributed by atoms with E-state index in [2.05, 4.69) is 17.2 Å². The van der Waals surface area contributed by atoms with Gasteiger partial charge < -0.3 is 15.4 Å². The van der Waals surface area contributed by atoms with Gasteiger partial charge in [0.2, 0.25) is 21.8 Å². The lowest BCUT2D eigenvalue weighted by atomic mass is 9.94. The smallest absolute Gasteiger partial charge is 0.247 e. The van der Waals surface area contributed by atoms with Crippen molar-refractivity contribution in [1.82, 2.24) is 9.62 Å². The highest BCUT2D eigenvalue weighted by Crippen LogP contribution is 2.46. The number of nitrogens with one attached hydrogen (secondary N) is 2. The molecule has 1 atom stereocenters. The summed E-state index contributed by atoms with van der Waals surface area (Å²) >= 11 is 0. The van der Waals surface area contributed by atoms with Gasteiger partial charge in [0.15, 0.2) is 0 Å². The number of carbonyl (C=O) groups is 2. The van der Waals surface area contributed by atoms with Gasteiger partial charge >= 0.3 is 0 Å². The molecular formula is C27H35N3O5S. The van der Waals surface area contributed by atoms with Gasteiger partial charge in [0.1, 0.15) is 10.6 Å². The minimum atomic E-state index is -4.05. The summed E-state index contributed by atoms with van der Waals surface area (Å²) in [6.45, 7) is 10.7. The zero-order valence-corrected chi connectivity index (χ0v) is 22.3. The van der Waals surface area contributed by atoms with E-state index in [4.69, 9.17) is 4.74 Å². The second kappa shape index (κ2) is 10.4. The molecule has 0 saturated carbocycles. The highest BCUT2D eigenvalue weighted by Gasteiger charge is 2.57. The molecule has 0 aliphatic carbocycles. The molecule has 2 aromatic carbocycles. The Morgan fingerprint density at radius 2 is 1.81 bits per heavy atom. The lowest BCUT2D eigenvalue weighted by Gasteiger charge is -2.40. The number of hydrogen-bond acceptors (Lipinski definition) is 5. The SMILES string of the molecule is C=CC(=O)NC1CC(C)(C)N(S(=O)(=O)c2ccc(NC(=O)CCc3ccccc3)cc2OC)C1(C)C. The normalized spacial score (nSPS) is 18.9. The van der Waals surface area contributed by atoms with Gasteiger partial charge in [0.25, 0.3) is 0 Å². The molecule has 36 heavy (non-hydrogen) atoms. The summed E-state index contributed by atoms with van der Waals surface area (Å²) in [7, 11) is -2.65. The van der Waals surface area contributed by atoms with E-state index in [0.717, 1.165) is 5.56 Å². The van der Waals surface area contributed by atoms with Crippen LogP contribution in [-0.4, -0.2) is 48.8 Å². The molecule has 9 heteroatoms. The summed E-state index contributed by atoms with van der Waals surface area (Å²) in [6, 6.07) is 13.8. The number of ether oxygens (including phenoxy) is 1. The number of sulfonamides is 1. The molecule has 2 amide bonds. The minimum absolute atomic E-state index is 0.0101. The average Bonchev–Trinajstić information content (AvgIpc) is 3.00. The third-order valence-electron chi connectivity index (χ3n) is 6.58. The summed E-state index contributed by atoms with van der Waals surface area (Å²) in [6.07, 6.45) is 2.49. The molecule has 1 unspecified atom stereocenters. The second-order valence-electron chi connectivity index (χ2n) is 10.1. The number of rotatable bonds is 9. The molecule has 8 nitrogen and oxygen atoms in total. The maximum Gasteiger partial charge on any atom is 0.247 e. The van der Waals surface area contributed by atoms with Crippen molar-refractivity contribution in [3.05, 3.63) is 66.7 Å². The monoisotopic (exact) mass is 513 g/mol. The molecule has 1 fully saturated rings. The maximum atomic E-state index is 14.0. The van der Waals surface area contributed by atoms with Gasteiger partial charge in [-0.1, -0.05) is 36.9 Å². The van der Waals surface area contributed by atoms with Crippen LogP contribution in [0.5, 0.6) is 5.75 Å². The van der Waals surface area contributed by atoms with E-state index in [0.29, 0.717) is 24.9 Å². The Kier molecular flexibility index (Phi) is 7.95. The first kappa shape index (κ1) is 27.4. The Bertz CT molecular complexity index is 1240. The van der Waals surface area contributed by atoms with Gasteiger partial charge in [-0.2, -0.15) is 4.31 Å². The molecule has 2 aromatic rings. The fourth-order valence-corrected chi connectivity index (χ4v) is 7.34. The fraction of sp³-hybridized carbons (Fsp3) is 0.407. The van der Waals surface area contributed by atoms with Crippen molar-refractivity contribution in [3.8, 4) is 5.75 Å². The summed E-state index contributed by atoms with van der Waals surface area (Å²) < 4.78 is 34.8. The summed E-state index contributed by atoms with van der Waals surface area (Å²) in [4.78, 5) is 24.5. The number of anilines is 1. The van der Waals surface area contributed by atoms with Crippen LogP contribution < -0.4 is 15.4 Å². The number of amides is 2. The Morgan fingerprint density at radius 1 is 1.14 bits per heavy atom. The number of nitrogens with zero attached hydrogens (tertiary/aromatic N) is 1. The standard InChI is InChI=1S/C27H35N3O5S/c1-7-24(31)29-23-18-26(2,3)30(27(23,4)5)36(33,34)22-15-14-20(17-21(22)35-6)28-25(32)16-13-19-11-9-8-10-12-19/h7-12,14-15,17,23H,1,13,16,18H2,2-6H3,(H,28,32)(H,29,31). The average molecular weight is 514 g/mol. The molecule has 1 heterocycles. The summed E-state index contributed by atoms with van der Waals surface area (Å²) in [5.41, 5.74) is -0.197. The number of aryl methyl sites for hydroxylation is 1. The van der Waals surface area contributed by atoms with E-state index in [1.165, 1.54) is 29.6 Å². The maximum absolute atomic E-state index is 14.0. The van der Waals surface area contributed by atoms with Gasteiger partial charge in [0, 0.05) is 29.8 Å². The van der Waals surface area contributed by atoms with E-state index in [9.17, 15) is 18.0 Å². The van der Waals surface area contributed by atoms with Crippen LogP contribution in [0.2, 0.25) is 0 Å². The number of benzene rings is 2. The quantitative estimate of drug-likeness (QED) is 0.495. The lowest BCUT2D eigenvalue weighted by Crippen LogP contribution is -2.56. The van der Waals surface area contributed by atoms with Crippen molar-refractivity contribution >= 4 is 27.5 Å². The zero-order valence-electron chi connectivity index (χ0n) is 21.5. The Morgan fingerprint density at radius 3 is 2.42 bits per heavy atom. The Labute approximate surface area is 213 Å². The molecule has 0 radical (unpaired) electrons. The van der Waals surface area contributed by atoms with Crippen molar-refractivity contribution in [3.63, 3.8) is 0 Å². The molecule has 0 aromatic heterocycles. The number of methoxy groups -OCH3 is 1. The highest BCUT2D eigenvalue weighted by atomic mass is 32.2. The molecule has 2 N–H and O–H groups in total. The van der Waals surface area contributed by atoms with Gasteiger partial charge in [-0.3, -0.25) is 9.59 Å². The summed E-state index contributed by atoms with van der Waals surface area (Å²) in [5.74, 6) is -0.409. The van der Waals surface area contributed by atoms with Crippen molar-refractivity contribution in [2.24, 2.45) is 0 Å². The topological polar surface area (TPSA) is 105 Å². The first-order chi connectivity index (χ1) is 16.8. The minimum Gasteiger partial charge on any atom is -0.495 e. The molecule has 1 aliphatic heterocycles. The lowest BCUT2D eigenvalue weighted by molar-refractivity contribution is -0.117. The van der Waals surface area contributed by atoms with Crippen LogP contribution in [0.15, 0.2) is 66.1 Å². The third kappa shape index (κ3) is 5.63. The van der Waals surface area contributed by atoms with E-state index in [1.54, 1.807) is 19.9 Å². The fourth-order valence-electron chi connectivity index (χ4n) is 5.03. The third-order valence-corrected chi connectivity index (χ3v) is 8.92. The Hall–Kier alpha value is -3.17.